The predicted octanol–water partition coefficient (Wildman–Crippen LogP) is 1.06. The van der Waals surface area contributed by atoms with Crippen molar-refractivity contribution in [3.63, 3.8) is 0 Å². The van der Waals surface area contributed by atoms with Crippen LogP contribution < -0.4 is 0 Å². The van der Waals surface area contributed by atoms with Gasteiger partial charge in [-0.15, -0.1) is 0 Å². The van der Waals surface area contributed by atoms with Gasteiger partial charge in [0.25, 0.3) is 0 Å². The number of hydrogen-bond acceptors (Lipinski definition) is 4. The fraction of sp³-hybridized carbons (Fsp3) is 0.714. The predicted molar refractivity (Wildman–Crippen MR) is 76.6 cm³/mol. The summed E-state index contributed by atoms with van der Waals surface area (Å²) in [6, 6.07) is 2.46. The summed E-state index contributed by atoms with van der Waals surface area (Å²) in [4.78, 5) is 15.1. The van der Waals surface area contributed by atoms with Crippen LogP contribution in [-0.2, 0) is 11.3 Å². The zero-order valence-corrected chi connectivity index (χ0v) is 12.3. The average molecular weight is 280 g/mol. The molecule has 0 unspecified atom stereocenters. The highest BCUT2D eigenvalue weighted by atomic mass is 16.4. The molecule has 2 rings (SSSR count). The molecule has 1 aliphatic rings. The van der Waals surface area contributed by atoms with Crippen LogP contribution in [0.2, 0.25) is 0 Å². The highest BCUT2D eigenvalue weighted by molar-refractivity contribution is 5.69. The first-order valence-corrected chi connectivity index (χ1v) is 7.25. The summed E-state index contributed by atoms with van der Waals surface area (Å²) >= 11 is 0. The molecule has 0 aromatic carbocycles. The number of aromatic nitrogens is 2. The summed E-state index contributed by atoms with van der Waals surface area (Å²) in [5, 5.41) is 13.4. The number of carboxylic acid groups (broad SMARTS) is 1. The SMILES string of the molecule is CC(C)n1ccc(CN2CCCN(CC(=O)O)CC2)n1. The van der Waals surface area contributed by atoms with E-state index in [0.29, 0.717) is 6.04 Å². The van der Waals surface area contributed by atoms with Gasteiger partial charge >= 0.3 is 5.97 Å². The van der Waals surface area contributed by atoms with Crippen molar-refractivity contribution in [1.29, 1.82) is 0 Å². The Bertz CT molecular complexity index is 444. The first-order chi connectivity index (χ1) is 9.54. The molecule has 0 aliphatic carbocycles. The zero-order chi connectivity index (χ0) is 14.5. The number of rotatable bonds is 5. The Morgan fingerprint density at radius 2 is 2.00 bits per heavy atom. The topological polar surface area (TPSA) is 61.6 Å². The van der Waals surface area contributed by atoms with Crippen molar-refractivity contribution in [3.05, 3.63) is 18.0 Å². The lowest BCUT2D eigenvalue weighted by molar-refractivity contribution is -0.138. The summed E-state index contributed by atoms with van der Waals surface area (Å²) in [6.45, 7) is 8.82. The van der Waals surface area contributed by atoms with E-state index in [4.69, 9.17) is 5.11 Å². The Morgan fingerprint density at radius 3 is 2.65 bits per heavy atom. The average Bonchev–Trinajstić information content (AvgIpc) is 2.73. The van der Waals surface area contributed by atoms with Crippen LogP contribution in [0.5, 0.6) is 0 Å². The second-order valence-electron chi connectivity index (χ2n) is 5.68. The van der Waals surface area contributed by atoms with E-state index < -0.39 is 5.97 Å². The lowest BCUT2D eigenvalue weighted by Crippen LogP contribution is -2.34. The normalized spacial score (nSPS) is 18.4. The standard InChI is InChI=1S/C14H24N4O2/c1-12(2)18-7-4-13(15-18)10-16-5-3-6-17(9-8-16)11-14(19)20/h4,7,12H,3,5-6,8-11H2,1-2H3,(H,19,20). The molecule has 20 heavy (non-hydrogen) atoms. The van der Waals surface area contributed by atoms with Gasteiger partial charge in [-0.05, 0) is 32.9 Å². The highest BCUT2D eigenvalue weighted by Gasteiger charge is 2.17. The molecule has 0 atom stereocenters. The van der Waals surface area contributed by atoms with Gasteiger partial charge in [0.05, 0.1) is 12.2 Å². The van der Waals surface area contributed by atoms with Crippen LogP contribution in [0.3, 0.4) is 0 Å². The quantitative estimate of drug-likeness (QED) is 0.874. The Balaban J connectivity index is 1.85. The van der Waals surface area contributed by atoms with E-state index >= 15 is 0 Å². The summed E-state index contributed by atoms with van der Waals surface area (Å²) in [5.74, 6) is -0.742. The third-order valence-corrected chi connectivity index (χ3v) is 3.62. The van der Waals surface area contributed by atoms with Gasteiger partial charge in [-0.2, -0.15) is 5.10 Å². The number of hydrogen-bond donors (Lipinski definition) is 1. The molecule has 1 aromatic rings. The molecule has 0 radical (unpaired) electrons. The molecule has 0 amide bonds. The van der Waals surface area contributed by atoms with E-state index in [2.05, 4.69) is 29.9 Å². The summed E-state index contributed by atoms with van der Waals surface area (Å²) in [6.07, 6.45) is 3.03. The third-order valence-electron chi connectivity index (χ3n) is 3.62. The van der Waals surface area contributed by atoms with Gasteiger partial charge in [0, 0.05) is 38.4 Å². The minimum absolute atomic E-state index is 0.149. The fourth-order valence-corrected chi connectivity index (χ4v) is 2.51. The number of aliphatic carboxylic acids is 1. The van der Waals surface area contributed by atoms with E-state index in [1.807, 2.05) is 15.8 Å². The lowest BCUT2D eigenvalue weighted by Gasteiger charge is -2.19. The van der Waals surface area contributed by atoms with Crippen molar-refractivity contribution in [3.8, 4) is 0 Å². The monoisotopic (exact) mass is 280 g/mol. The summed E-state index contributed by atoms with van der Waals surface area (Å²) in [5.41, 5.74) is 1.09. The fourth-order valence-electron chi connectivity index (χ4n) is 2.51. The molecule has 0 bridgehead atoms. The van der Waals surface area contributed by atoms with Crippen molar-refractivity contribution < 1.29 is 9.90 Å². The molecule has 1 saturated heterocycles. The Labute approximate surface area is 120 Å². The molecule has 1 aromatic heterocycles. The Morgan fingerprint density at radius 1 is 1.30 bits per heavy atom. The van der Waals surface area contributed by atoms with Crippen molar-refractivity contribution >= 4 is 5.97 Å². The minimum atomic E-state index is -0.742. The van der Waals surface area contributed by atoms with Crippen LogP contribution in [-0.4, -0.2) is 63.4 Å². The molecule has 0 spiro atoms. The maximum absolute atomic E-state index is 10.8. The van der Waals surface area contributed by atoms with Gasteiger partial charge in [-0.3, -0.25) is 19.3 Å². The van der Waals surface area contributed by atoms with Crippen LogP contribution in [0.15, 0.2) is 12.3 Å². The lowest BCUT2D eigenvalue weighted by atomic mass is 10.3. The van der Waals surface area contributed by atoms with Crippen LogP contribution in [0.4, 0.5) is 0 Å². The van der Waals surface area contributed by atoms with Crippen LogP contribution in [0, 0.1) is 0 Å². The molecule has 1 N–H and O–H groups in total. The Kier molecular flexibility index (Phi) is 5.14. The third kappa shape index (κ3) is 4.31. The molecular weight excluding hydrogens is 256 g/mol. The maximum Gasteiger partial charge on any atom is 0.317 e. The second kappa shape index (κ2) is 6.85. The summed E-state index contributed by atoms with van der Waals surface area (Å²) in [7, 11) is 0. The second-order valence-corrected chi connectivity index (χ2v) is 5.68. The van der Waals surface area contributed by atoms with Crippen LogP contribution >= 0.6 is 0 Å². The van der Waals surface area contributed by atoms with Gasteiger partial charge in [-0.1, -0.05) is 0 Å². The summed E-state index contributed by atoms with van der Waals surface area (Å²) < 4.78 is 1.98. The van der Waals surface area contributed by atoms with Gasteiger partial charge in [0.1, 0.15) is 0 Å². The van der Waals surface area contributed by atoms with Crippen LogP contribution in [0.1, 0.15) is 32.0 Å². The van der Waals surface area contributed by atoms with E-state index in [9.17, 15) is 4.79 Å². The number of nitrogens with zero attached hydrogens (tertiary/aromatic N) is 4. The molecular formula is C14H24N4O2. The van der Waals surface area contributed by atoms with Crippen molar-refractivity contribution in [1.82, 2.24) is 19.6 Å². The first kappa shape index (κ1) is 15.0. The van der Waals surface area contributed by atoms with Crippen molar-refractivity contribution in [2.75, 3.05) is 32.7 Å². The van der Waals surface area contributed by atoms with Gasteiger partial charge < -0.3 is 5.11 Å². The highest BCUT2D eigenvalue weighted by Crippen LogP contribution is 2.09. The zero-order valence-electron chi connectivity index (χ0n) is 12.3. The number of carbonyl (C=O) groups is 1. The maximum atomic E-state index is 10.8. The van der Waals surface area contributed by atoms with E-state index in [-0.39, 0.29) is 6.54 Å². The molecule has 0 saturated carbocycles. The van der Waals surface area contributed by atoms with Gasteiger partial charge in [0.15, 0.2) is 0 Å². The van der Waals surface area contributed by atoms with E-state index in [0.717, 1.165) is 44.8 Å². The number of carboxylic acids is 1. The molecule has 1 fully saturated rings. The van der Waals surface area contributed by atoms with Crippen molar-refractivity contribution in [2.45, 2.75) is 32.9 Å². The van der Waals surface area contributed by atoms with E-state index in [1.165, 1.54) is 0 Å². The van der Waals surface area contributed by atoms with Crippen LogP contribution in [0.25, 0.3) is 0 Å². The molecule has 112 valence electrons. The smallest absolute Gasteiger partial charge is 0.317 e. The Hall–Kier alpha value is -1.40. The first-order valence-electron chi connectivity index (χ1n) is 7.25. The van der Waals surface area contributed by atoms with Crippen molar-refractivity contribution in [2.24, 2.45) is 0 Å². The van der Waals surface area contributed by atoms with Gasteiger partial charge in [0.2, 0.25) is 0 Å². The molecule has 6 heteroatoms. The molecule has 6 nitrogen and oxygen atoms in total. The molecule has 1 aliphatic heterocycles. The minimum Gasteiger partial charge on any atom is -0.480 e. The largest absolute Gasteiger partial charge is 0.480 e. The van der Waals surface area contributed by atoms with Gasteiger partial charge in [-0.25, -0.2) is 0 Å². The van der Waals surface area contributed by atoms with E-state index in [1.54, 1.807) is 0 Å². The molecule has 2 heterocycles.